The van der Waals surface area contributed by atoms with Crippen molar-refractivity contribution in [2.75, 3.05) is 13.2 Å². The van der Waals surface area contributed by atoms with Gasteiger partial charge < -0.3 is 10.1 Å². The molecule has 0 fully saturated rings. The van der Waals surface area contributed by atoms with E-state index >= 15 is 0 Å². The molecule has 1 atom stereocenters. The quantitative estimate of drug-likeness (QED) is 0.783. The Kier molecular flexibility index (Phi) is 6.95. The summed E-state index contributed by atoms with van der Waals surface area (Å²) in [5.41, 5.74) is 0.128. The molecular weight excluding hydrogens is 248 g/mol. The van der Waals surface area contributed by atoms with E-state index in [1.54, 1.807) is 0 Å². The number of rotatable bonds is 8. The van der Waals surface area contributed by atoms with Gasteiger partial charge in [-0.15, -0.1) is 0 Å². The van der Waals surface area contributed by atoms with Crippen LogP contribution in [-0.4, -0.2) is 25.3 Å². The second-order valence-corrected chi connectivity index (χ2v) is 4.94. The first-order chi connectivity index (χ1) is 9.04. The van der Waals surface area contributed by atoms with Crippen LogP contribution in [-0.2, 0) is 11.2 Å². The Hall–Kier alpha value is -1.00. The van der Waals surface area contributed by atoms with Gasteiger partial charge in [-0.05, 0) is 45.4 Å². The zero-order chi connectivity index (χ0) is 14.3. The minimum atomic E-state index is -0.493. The Bertz CT molecular complexity index is 362. The van der Waals surface area contributed by atoms with E-state index in [2.05, 4.69) is 12.2 Å². The van der Waals surface area contributed by atoms with Gasteiger partial charge in [0.05, 0.1) is 12.7 Å². The Morgan fingerprint density at radius 3 is 2.37 bits per heavy atom. The van der Waals surface area contributed by atoms with Crippen molar-refractivity contribution >= 4 is 0 Å². The summed E-state index contributed by atoms with van der Waals surface area (Å²) < 4.78 is 32.8. The molecule has 0 aromatic heterocycles. The second-order valence-electron chi connectivity index (χ2n) is 4.94. The lowest BCUT2D eigenvalue weighted by Crippen LogP contribution is -2.37. The average Bonchev–Trinajstić information content (AvgIpc) is 2.36. The lowest BCUT2D eigenvalue weighted by atomic mass is 10.0. The molecule has 0 bridgehead atoms. The molecule has 19 heavy (non-hydrogen) atoms. The van der Waals surface area contributed by atoms with Crippen molar-refractivity contribution in [3.8, 4) is 0 Å². The molecule has 0 saturated heterocycles. The minimum Gasteiger partial charge on any atom is -0.377 e. The Morgan fingerprint density at radius 1 is 1.21 bits per heavy atom. The number of ether oxygens (including phenoxy) is 1. The van der Waals surface area contributed by atoms with Gasteiger partial charge in [-0.1, -0.05) is 13.0 Å². The summed E-state index contributed by atoms with van der Waals surface area (Å²) >= 11 is 0. The highest BCUT2D eigenvalue weighted by Crippen LogP contribution is 2.14. The highest BCUT2D eigenvalue weighted by molar-refractivity contribution is 5.20. The fraction of sp³-hybridized carbons (Fsp3) is 0.600. The molecule has 0 aliphatic heterocycles. The maximum Gasteiger partial charge on any atom is 0.129 e. The summed E-state index contributed by atoms with van der Waals surface area (Å²) in [5, 5.41) is 3.27. The topological polar surface area (TPSA) is 21.3 Å². The van der Waals surface area contributed by atoms with Gasteiger partial charge >= 0.3 is 0 Å². The van der Waals surface area contributed by atoms with Gasteiger partial charge in [0.15, 0.2) is 0 Å². The van der Waals surface area contributed by atoms with E-state index in [9.17, 15) is 8.78 Å². The number of hydrogen-bond donors (Lipinski definition) is 1. The summed E-state index contributed by atoms with van der Waals surface area (Å²) in [7, 11) is 0. The molecule has 1 unspecified atom stereocenters. The molecule has 1 rings (SSSR count). The van der Waals surface area contributed by atoms with Crippen LogP contribution in [0.4, 0.5) is 8.78 Å². The van der Waals surface area contributed by atoms with Crippen LogP contribution in [0.1, 0.15) is 32.8 Å². The van der Waals surface area contributed by atoms with Crippen LogP contribution >= 0.6 is 0 Å². The maximum absolute atomic E-state index is 13.6. The molecule has 1 aromatic rings. The van der Waals surface area contributed by atoms with E-state index in [4.69, 9.17) is 4.74 Å². The molecule has 108 valence electrons. The lowest BCUT2D eigenvalue weighted by molar-refractivity contribution is 0.0610. The summed E-state index contributed by atoms with van der Waals surface area (Å²) in [5.74, 6) is -0.985. The van der Waals surface area contributed by atoms with Gasteiger partial charge in [-0.2, -0.15) is 0 Å². The van der Waals surface area contributed by atoms with Crippen molar-refractivity contribution < 1.29 is 13.5 Å². The van der Waals surface area contributed by atoms with Crippen LogP contribution in [0.5, 0.6) is 0 Å². The molecule has 1 aromatic carbocycles. The molecule has 4 heteroatoms. The molecule has 2 nitrogen and oxygen atoms in total. The number of benzene rings is 1. The smallest absolute Gasteiger partial charge is 0.129 e. The van der Waals surface area contributed by atoms with E-state index in [-0.39, 0.29) is 17.7 Å². The average molecular weight is 271 g/mol. The van der Waals surface area contributed by atoms with Crippen LogP contribution in [0, 0.1) is 11.6 Å². The molecular formula is C15H23F2NO. The number of hydrogen-bond acceptors (Lipinski definition) is 2. The molecule has 0 aliphatic rings. The van der Waals surface area contributed by atoms with Crippen molar-refractivity contribution in [3.63, 3.8) is 0 Å². The van der Waals surface area contributed by atoms with Crippen LogP contribution in [0.25, 0.3) is 0 Å². The molecule has 0 heterocycles. The van der Waals surface area contributed by atoms with E-state index in [0.717, 1.165) is 13.0 Å². The largest absolute Gasteiger partial charge is 0.377 e. The predicted octanol–water partition coefficient (Wildman–Crippen LogP) is 3.30. The monoisotopic (exact) mass is 271 g/mol. The van der Waals surface area contributed by atoms with Gasteiger partial charge in [-0.25, -0.2) is 8.78 Å². The van der Waals surface area contributed by atoms with Gasteiger partial charge in [0.25, 0.3) is 0 Å². The van der Waals surface area contributed by atoms with Gasteiger partial charge in [0.1, 0.15) is 11.6 Å². The third kappa shape index (κ3) is 5.66. The third-order valence-corrected chi connectivity index (χ3v) is 2.83. The van der Waals surface area contributed by atoms with Gasteiger partial charge in [0.2, 0.25) is 0 Å². The Balaban J connectivity index is 2.69. The lowest BCUT2D eigenvalue weighted by Gasteiger charge is -2.20. The first-order valence-corrected chi connectivity index (χ1v) is 6.82. The van der Waals surface area contributed by atoms with Crippen LogP contribution in [0.3, 0.4) is 0 Å². The normalized spacial score (nSPS) is 12.9. The van der Waals surface area contributed by atoms with E-state index < -0.39 is 11.6 Å². The molecule has 1 N–H and O–H groups in total. The summed E-state index contributed by atoms with van der Waals surface area (Å²) in [4.78, 5) is 0. The predicted molar refractivity (Wildman–Crippen MR) is 73.2 cm³/mol. The number of nitrogens with one attached hydrogen (secondary N) is 1. The highest BCUT2D eigenvalue weighted by Gasteiger charge is 2.16. The first kappa shape index (κ1) is 16.1. The second kappa shape index (κ2) is 8.23. The van der Waals surface area contributed by atoms with E-state index in [0.29, 0.717) is 13.0 Å². The fourth-order valence-electron chi connectivity index (χ4n) is 1.82. The van der Waals surface area contributed by atoms with Crippen LogP contribution in [0.15, 0.2) is 18.2 Å². The van der Waals surface area contributed by atoms with E-state index in [1.807, 2.05) is 13.8 Å². The maximum atomic E-state index is 13.6. The molecule has 0 aliphatic carbocycles. The van der Waals surface area contributed by atoms with E-state index in [1.165, 1.54) is 18.2 Å². The number of halogens is 2. The van der Waals surface area contributed by atoms with Crippen LogP contribution < -0.4 is 5.32 Å². The third-order valence-electron chi connectivity index (χ3n) is 2.83. The Labute approximate surface area is 114 Å². The highest BCUT2D eigenvalue weighted by atomic mass is 19.1. The summed E-state index contributed by atoms with van der Waals surface area (Å²) in [6, 6.07) is 3.89. The Morgan fingerprint density at radius 2 is 1.84 bits per heavy atom. The van der Waals surface area contributed by atoms with Crippen molar-refractivity contribution in [1.29, 1.82) is 0 Å². The first-order valence-electron chi connectivity index (χ1n) is 6.82. The SMILES string of the molecule is CCCNC(COC(C)C)Cc1c(F)cccc1F. The van der Waals surface area contributed by atoms with Crippen molar-refractivity contribution in [2.24, 2.45) is 0 Å². The van der Waals surface area contributed by atoms with Crippen LogP contribution in [0.2, 0.25) is 0 Å². The molecule has 0 radical (unpaired) electrons. The molecule has 0 spiro atoms. The minimum absolute atomic E-state index is 0.0752. The standard InChI is InChI=1S/C15H23F2NO/c1-4-8-18-12(10-19-11(2)3)9-13-14(16)6-5-7-15(13)17/h5-7,11-12,18H,4,8-10H2,1-3H3. The zero-order valence-electron chi connectivity index (χ0n) is 11.9. The fourth-order valence-corrected chi connectivity index (χ4v) is 1.82. The summed E-state index contributed by atoms with van der Waals surface area (Å²) in [6.45, 7) is 7.20. The van der Waals surface area contributed by atoms with Crippen molar-refractivity contribution in [2.45, 2.75) is 45.8 Å². The van der Waals surface area contributed by atoms with Gasteiger partial charge in [-0.3, -0.25) is 0 Å². The zero-order valence-corrected chi connectivity index (χ0v) is 11.9. The van der Waals surface area contributed by atoms with Gasteiger partial charge in [0, 0.05) is 11.6 Å². The van der Waals surface area contributed by atoms with Crippen molar-refractivity contribution in [1.82, 2.24) is 5.32 Å². The molecule has 0 amide bonds. The molecule has 0 saturated carbocycles. The van der Waals surface area contributed by atoms with Crippen molar-refractivity contribution in [3.05, 3.63) is 35.4 Å². The summed E-state index contributed by atoms with van der Waals surface area (Å²) in [6.07, 6.45) is 1.37.